The van der Waals surface area contributed by atoms with Crippen LogP contribution in [0.5, 0.6) is 5.75 Å². The molecule has 0 N–H and O–H groups in total. The number of ether oxygens (including phenoxy) is 2. The first-order chi connectivity index (χ1) is 8.06. The van der Waals surface area contributed by atoms with Gasteiger partial charge in [-0.25, -0.2) is 0 Å². The molecule has 0 aliphatic carbocycles. The highest BCUT2D eigenvalue weighted by atomic mass is 16.5. The Labute approximate surface area is 99.5 Å². The standard InChI is InChI=1S/C13H14O4/c1-7-4-5-8(2)12-10(7)11(14)9(6-17-12)13(15)16-3/h4-5,9H,6H2,1-3H3. The predicted octanol–water partition coefficient (Wildman–Crippen LogP) is 1.67. The summed E-state index contributed by atoms with van der Waals surface area (Å²) in [6.45, 7) is 3.77. The lowest BCUT2D eigenvalue weighted by molar-refractivity contribution is -0.144. The Balaban J connectivity index is 2.49. The predicted molar refractivity (Wildman–Crippen MR) is 61.2 cm³/mol. The monoisotopic (exact) mass is 234 g/mol. The molecule has 4 nitrogen and oxygen atoms in total. The smallest absolute Gasteiger partial charge is 0.320 e. The maximum absolute atomic E-state index is 12.2. The summed E-state index contributed by atoms with van der Waals surface area (Å²) in [6, 6.07) is 3.76. The summed E-state index contributed by atoms with van der Waals surface area (Å²) >= 11 is 0. The Morgan fingerprint density at radius 2 is 2.00 bits per heavy atom. The van der Waals surface area contributed by atoms with E-state index in [1.807, 2.05) is 26.0 Å². The number of hydrogen-bond donors (Lipinski definition) is 0. The van der Waals surface area contributed by atoms with Crippen molar-refractivity contribution >= 4 is 11.8 Å². The summed E-state index contributed by atoms with van der Waals surface area (Å²) in [6.07, 6.45) is 0. The quantitative estimate of drug-likeness (QED) is 0.548. The fourth-order valence-electron chi connectivity index (χ4n) is 2.01. The number of fused-ring (bicyclic) bond motifs is 1. The van der Waals surface area contributed by atoms with Gasteiger partial charge in [-0.15, -0.1) is 0 Å². The highest BCUT2D eigenvalue weighted by Crippen LogP contribution is 2.33. The van der Waals surface area contributed by atoms with Crippen LogP contribution < -0.4 is 4.74 Å². The van der Waals surface area contributed by atoms with Gasteiger partial charge < -0.3 is 9.47 Å². The van der Waals surface area contributed by atoms with E-state index in [1.54, 1.807) is 0 Å². The van der Waals surface area contributed by atoms with Crippen LogP contribution in [-0.2, 0) is 9.53 Å². The van der Waals surface area contributed by atoms with Gasteiger partial charge in [0.05, 0.1) is 12.7 Å². The van der Waals surface area contributed by atoms with Gasteiger partial charge in [0.2, 0.25) is 0 Å². The molecule has 0 bridgehead atoms. The van der Waals surface area contributed by atoms with E-state index in [9.17, 15) is 9.59 Å². The number of carbonyl (C=O) groups excluding carboxylic acids is 2. The molecule has 2 rings (SSSR count). The van der Waals surface area contributed by atoms with E-state index in [-0.39, 0.29) is 12.4 Å². The van der Waals surface area contributed by atoms with Crippen molar-refractivity contribution in [3.05, 3.63) is 28.8 Å². The molecule has 1 aromatic carbocycles. The van der Waals surface area contributed by atoms with E-state index in [2.05, 4.69) is 4.74 Å². The van der Waals surface area contributed by atoms with Gasteiger partial charge >= 0.3 is 5.97 Å². The van der Waals surface area contributed by atoms with Gasteiger partial charge in [-0.3, -0.25) is 9.59 Å². The van der Waals surface area contributed by atoms with Crippen molar-refractivity contribution in [2.75, 3.05) is 13.7 Å². The van der Waals surface area contributed by atoms with Gasteiger partial charge in [-0.05, 0) is 25.0 Å². The zero-order valence-corrected chi connectivity index (χ0v) is 10.1. The van der Waals surface area contributed by atoms with Crippen LogP contribution in [0, 0.1) is 19.8 Å². The van der Waals surface area contributed by atoms with E-state index in [0.717, 1.165) is 11.1 Å². The normalized spacial score (nSPS) is 18.3. The molecule has 0 amide bonds. The topological polar surface area (TPSA) is 52.6 Å². The van der Waals surface area contributed by atoms with Gasteiger partial charge in [-0.2, -0.15) is 0 Å². The molecule has 90 valence electrons. The second-order valence-electron chi connectivity index (χ2n) is 4.15. The largest absolute Gasteiger partial charge is 0.491 e. The van der Waals surface area contributed by atoms with Gasteiger partial charge in [-0.1, -0.05) is 12.1 Å². The van der Waals surface area contributed by atoms with Crippen LogP contribution in [0.2, 0.25) is 0 Å². The SMILES string of the molecule is COC(=O)C1COc2c(C)ccc(C)c2C1=O. The maximum Gasteiger partial charge on any atom is 0.320 e. The Hall–Kier alpha value is -1.84. The van der Waals surface area contributed by atoms with E-state index in [4.69, 9.17) is 4.74 Å². The molecule has 17 heavy (non-hydrogen) atoms. The first kappa shape index (κ1) is 11.6. The number of ketones is 1. The van der Waals surface area contributed by atoms with E-state index in [0.29, 0.717) is 11.3 Å². The van der Waals surface area contributed by atoms with Crippen molar-refractivity contribution in [3.8, 4) is 5.75 Å². The molecular formula is C13H14O4. The Kier molecular flexibility index (Phi) is 2.88. The zero-order valence-electron chi connectivity index (χ0n) is 10.1. The van der Waals surface area contributed by atoms with E-state index < -0.39 is 11.9 Å². The molecule has 0 saturated carbocycles. The maximum atomic E-state index is 12.2. The Morgan fingerprint density at radius 1 is 1.35 bits per heavy atom. The molecule has 0 radical (unpaired) electrons. The lowest BCUT2D eigenvalue weighted by atomic mass is 9.90. The van der Waals surface area contributed by atoms with Crippen molar-refractivity contribution in [2.24, 2.45) is 5.92 Å². The van der Waals surface area contributed by atoms with Crippen LogP contribution in [0.25, 0.3) is 0 Å². The molecule has 0 fully saturated rings. The first-order valence-corrected chi connectivity index (χ1v) is 5.41. The van der Waals surface area contributed by atoms with Crippen molar-refractivity contribution in [1.29, 1.82) is 0 Å². The van der Waals surface area contributed by atoms with Crippen LogP contribution in [0.15, 0.2) is 12.1 Å². The molecule has 1 atom stereocenters. The van der Waals surface area contributed by atoms with Crippen LogP contribution in [0.4, 0.5) is 0 Å². The summed E-state index contributed by atoms with van der Waals surface area (Å²) in [5.41, 5.74) is 2.23. The number of rotatable bonds is 1. The number of benzene rings is 1. The first-order valence-electron chi connectivity index (χ1n) is 5.41. The fourth-order valence-corrected chi connectivity index (χ4v) is 2.01. The minimum absolute atomic E-state index is 0.0583. The summed E-state index contributed by atoms with van der Waals surface area (Å²) in [5, 5.41) is 0. The van der Waals surface area contributed by atoms with Gasteiger partial charge in [0.25, 0.3) is 0 Å². The third-order valence-corrected chi connectivity index (χ3v) is 3.01. The number of carbonyl (C=O) groups is 2. The molecule has 1 aromatic rings. The van der Waals surface area contributed by atoms with E-state index in [1.165, 1.54) is 7.11 Å². The molecule has 0 aromatic heterocycles. The molecule has 0 saturated heterocycles. The van der Waals surface area contributed by atoms with Gasteiger partial charge in [0.1, 0.15) is 12.4 Å². The lowest BCUT2D eigenvalue weighted by Crippen LogP contribution is -2.35. The highest BCUT2D eigenvalue weighted by Gasteiger charge is 2.36. The molecule has 1 unspecified atom stereocenters. The van der Waals surface area contributed by atoms with Gasteiger partial charge in [0.15, 0.2) is 11.7 Å². The van der Waals surface area contributed by atoms with Crippen molar-refractivity contribution < 1.29 is 19.1 Å². The summed E-state index contributed by atoms with van der Waals surface area (Å²) in [4.78, 5) is 23.7. The second kappa shape index (κ2) is 4.20. The number of aryl methyl sites for hydroxylation is 2. The van der Waals surface area contributed by atoms with Crippen molar-refractivity contribution in [2.45, 2.75) is 13.8 Å². The number of Topliss-reactive ketones (excluding diaryl/α,β-unsaturated/α-hetero) is 1. The molecule has 4 heteroatoms. The molecule has 1 heterocycles. The minimum Gasteiger partial charge on any atom is -0.491 e. The summed E-state index contributed by atoms with van der Waals surface area (Å²) in [5.74, 6) is -0.996. The third-order valence-electron chi connectivity index (χ3n) is 3.01. The number of methoxy groups -OCH3 is 1. The Bertz CT molecular complexity index is 490. The van der Waals surface area contributed by atoms with Crippen LogP contribution in [0.3, 0.4) is 0 Å². The average Bonchev–Trinajstić information content (AvgIpc) is 2.33. The molecule has 0 spiro atoms. The van der Waals surface area contributed by atoms with Crippen molar-refractivity contribution in [3.63, 3.8) is 0 Å². The van der Waals surface area contributed by atoms with Crippen molar-refractivity contribution in [1.82, 2.24) is 0 Å². The zero-order chi connectivity index (χ0) is 12.6. The fraction of sp³-hybridized carbons (Fsp3) is 0.385. The van der Waals surface area contributed by atoms with Crippen LogP contribution >= 0.6 is 0 Å². The summed E-state index contributed by atoms with van der Waals surface area (Å²) in [7, 11) is 1.27. The third kappa shape index (κ3) is 1.79. The molecule has 1 aliphatic rings. The average molecular weight is 234 g/mol. The summed E-state index contributed by atoms with van der Waals surface area (Å²) < 4.78 is 10.1. The number of hydrogen-bond acceptors (Lipinski definition) is 4. The van der Waals surface area contributed by atoms with Gasteiger partial charge in [0, 0.05) is 0 Å². The molecule has 1 aliphatic heterocycles. The van der Waals surface area contributed by atoms with E-state index >= 15 is 0 Å². The highest BCUT2D eigenvalue weighted by molar-refractivity contribution is 6.12. The Morgan fingerprint density at radius 3 is 2.65 bits per heavy atom. The lowest BCUT2D eigenvalue weighted by Gasteiger charge is -2.25. The van der Waals surface area contributed by atoms with Crippen LogP contribution in [-0.4, -0.2) is 25.5 Å². The minimum atomic E-state index is -0.840. The number of esters is 1. The molecular weight excluding hydrogens is 220 g/mol. The van der Waals surface area contributed by atoms with Crippen LogP contribution in [0.1, 0.15) is 21.5 Å². The second-order valence-corrected chi connectivity index (χ2v) is 4.15.